The predicted molar refractivity (Wildman–Crippen MR) is 107 cm³/mol. The van der Waals surface area contributed by atoms with Crippen molar-refractivity contribution in [1.29, 1.82) is 0 Å². The molecule has 0 radical (unpaired) electrons. The zero-order valence-electron chi connectivity index (χ0n) is 15.9. The molecule has 1 aromatic heterocycles. The Bertz CT molecular complexity index is 996. The van der Waals surface area contributed by atoms with Crippen LogP contribution in [-0.2, 0) is 16.6 Å². The predicted octanol–water partition coefficient (Wildman–Crippen LogP) is 3.37. The molecule has 146 valence electrons. The molecule has 7 nitrogen and oxygen atoms in total. The number of carbonyl (C=O) groups excluding carboxylic acids is 1. The number of hydrogen-bond acceptors (Lipinski definition) is 4. The highest BCUT2D eigenvalue weighted by Crippen LogP contribution is 2.35. The molecule has 0 fully saturated rings. The Morgan fingerprint density at radius 1 is 1.25 bits per heavy atom. The number of aryl methyl sites for hydroxylation is 1. The van der Waals surface area contributed by atoms with Gasteiger partial charge in [-0.2, -0.15) is 0 Å². The Morgan fingerprint density at radius 3 is 2.79 bits per heavy atom. The first-order chi connectivity index (χ1) is 13.5. The summed E-state index contributed by atoms with van der Waals surface area (Å²) >= 11 is 0. The lowest BCUT2D eigenvalue weighted by Crippen LogP contribution is -2.28. The van der Waals surface area contributed by atoms with Gasteiger partial charge in [-0.1, -0.05) is 30.3 Å². The van der Waals surface area contributed by atoms with Gasteiger partial charge in [0, 0.05) is 62.3 Å². The maximum absolute atomic E-state index is 12.5. The molecule has 1 N–H and O–H groups in total. The molecule has 0 spiro atoms. The fourth-order valence-corrected chi connectivity index (χ4v) is 3.46. The molecule has 2 aromatic carbocycles. The SMILES string of the molecule is COCCNC(=O)C[C@@H](c1cccc([N+](=O)[O-])c1)c1cn(C)c2ccccc12. The Labute approximate surface area is 163 Å². The van der Waals surface area contributed by atoms with Crippen LogP contribution in [0.5, 0.6) is 0 Å². The van der Waals surface area contributed by atoms with Crippen molar-refractivity contribution in [1.82, 2.24) is 9.88 Å². The lowest BCUT2D eigenvalue weighted by molar-refractivity contribution is -0.384. The Hall–Kier alpha value is -3.19. The van der Waals surface area contributed by atoms with E-state index >= 15 is 0 Å². The lowest BCUT2D eigenvalue weighted by Gasteiger charge is -2.17. The summed E-state index contributed by atoms with van der Waals surface area (Å²) in [6, 6.07) is 14.5. The number of rotatable bonds is 8. The molecule has 0 bridgehead atoms. The number of nitro benzene ring substituents is 1. The number of hydrogen-bond donors (Lipinski definition) is 1. The molecule has 1 amide bonds. The molecule has 1 heterocycles. The Kier molecular flexibility index (Phi) is 6.06. The number of benzene rings is 2. The minimum Gasteiger partial charge on any atom is -0.383 e. The summed E-state index contributed by atoms with van der Waals surface area (Å²) in [4.78, 5) is 23.3. The van der Waals surface area contributed by atoms with E-state index in [1.165, 1.54) is 6.07 Å². The summed E-state index contributed by atoms with van der Waals surface area (Å²) in [6.45, 7) is 0.855. The van der Waals surface area contributed by atoms with Crippen LogP contribution in [0.15, 0.2) is 54.7 Å². The quantitative estimate of drug-likeness (QED) is 0.368. The first kappa shape index (κ1) is 19.6. The van der Waals surface area contributed by atoms with Crippen LogP contribution in [0.25, 0.3) is 10.9 Å². The number of aromatic nitrogens is 1. The van der Waals surface area contributed by atoms with Crippen molar-refractivity contribution in [3.63, 3.8) is 0 Å². The highest BCUT2D eigenvalue weighted by atomic mass is 16.6. The molecule has 0 saturated carbocycles. The number of para-hydroxylation sites is 1. The molecule has 0 aliphatic heterocycles. The van der Waals surface area contributed by atoms with Gasteiger partial charge < -0.3 is 14.6 Å². The fourth-order valence-electron chi connectivity index (χ4n) is 3.46. The summed E-state index contributed by atoms with van der Waals surface area (Å²) in [7, 11) is 3.53. The van der Waals surface area contributed by atoms with Gasteiger partial charge in [0.2, 0.25) is 5.91 Å². The van der Waals surface area contributed by atoms with Crippen LogP contribution >= 0.6 is 0 Å². The Morgan fingerprint density at radius 2 is 2.04 bits per heavy atom. The van der Waals surface area contributed by atoms with Crippen molar-refractivity contribution in [3.8, 4) is 0 Å². The molecule has 0 unspecified atom stereocenters. The second-order valence-electron chi connectivity index (χ2n) is 6.66. The zero-order chi connectivity index (χ0) is 20.1. The minimum atomic E-state index is -0.414. The van der Waals surface area contributed by atoms with Gasteiger partial charge in [-0.05, 0) is 17.2 Å². The Balaban J connectivity index is 2.02. The number of nitrogens with zero attached hydrogens (tertiary/aromatic N) is 2. The first-order valence-electron chi connectivity index (χ1n) is 9.05. The maximum Gasteiger partial charge on any atom is 0.269 e. The number of nitro groups is 1. The van der Waals surface area contributed by atoms with Crippen LogP contribution in [0.1, 0.15) is 23.5 Å². The number of ether oxygens (including phenoxy) is 1. The van der Waals surface area contributed by atoms with Crippen molar-refractivity contribution in [2.75, 3.05) is 20.3 Å². The average Bonchev–Trinajstić information content (AvgIpc) is 3.03. The van der Waals surface area contributed by atoms with Crippen LogP contribution in [-0.4, -0.2) is 35.7 Å². The van der Waals surface area contributed by atoms with Crippen molar-refractivity contribution in [2.45, 2.75) is 12.3 Å². The smallest absolute Gasteiger partial charge is 0.269 e. The highest BCUT2D eigenvalue weighted by molar-refractivity contribution is 5.86. The van der Waals surface area contributed by atoms with Gasteiger partial charge in [0.25, 0.3) is 5.69 Å². The van der Waals surface area contributed by atoms with E-state index in [9.17, 15) is 14.9 Å². The van der Waals surface area contributed by atoms with E-state index in [4.69, 9.17) is 4.74 Å². The van der Waals surface area contributed by atoms with Crippen molar-refractivity contribution in [2.24, 2.45) is 7.05 Å². The third-order valence-corrected chi connectivity index (χ3v) is 4.80. The molecular formula is C21H23N3O4. The summed E-state index contributed by atoms with van der Waals surface area (Å²) in [6.07, 6.45) is 2.19. The van der Waals surface area contributed by atoms with Crippen molar-refractivity contribution < 1.29 is 14.5 Å². The van der Waals surface area contributed by atoms with Crippen molar-refractivity contribution >= 4 is 22.5 Å². The van der Waals surface area contributed by atoms with E-state index in [0.29, 0.717) is 13.2 Å². The molecule has 0 saturated heterocycles. The van der Waals surface area contributed by atoms with Crippen LogP contribution in [0.3, 0.4) is 0 Å². The van der Waals surface area contributed by atoms with Gasteiger partial charge in [-0.3, -0.25) is 14.9 Å². The van der Waals surface area contributed by atoms with Gasteiger partial charge in [0.05, 0.1) is 11.5 Å². The van der Waals surface area contributed by atoms with Gasteiger partial charge in [0.15, 0.2) is 0 Å². The summed E-state index contributed by atoms with van der Waals surface area (Å²) < 4.78 is 6.99. The molecule has 7 heteroatoms. The maximum atomic E-state index is 12.5. The van der Waals surface area contributed by atoms with E-state index in [0.717, 1.165) is 22.0 Å². The average molecular weight is 381 g/mol. The normalized spacial score (nSPS) is 12.1. The van der Waals surface area contributed by atoms with Crippen LogP contribution in [0, 0.1) is 10.1 Å². The van der Waals surface area contributed by atoms with Gasteiger partial charge in [0.1, 0.15) is 0 Å². The van der Waals surface area contributed by atoms with Gasteiger partial charge in [-0.25, -0.2) is 0 Å². The van der Waals surface area contributed by atoms with E-state index < -0.39 is 4.92 Å². The largest absolute Gasteiger partial charge is 0.383 e. The topological polar surface area (TPSA) is 86.4 Å². The van der Waals surface area contributed by atoms with Gasteiger partial charge >= 0.3 is 0 Å². The fraction of sp³-hybridized carbons (Fsp3) is 0.286. The molecule has 1 atom stereocenters. The number of nitrogens with one attached hydrogen (secondary N) is 1. The third kappa shape index (κ3) is 4.20. The zero-order valence-corrected chi connectivity index (χ0v) is 15.9. The molecule has 0 aliphatic carbocycles. The van der Waals surface area contributed by atoms with E-state index in [-0.39, 0.29) is 23.9 Å². The number of carbonyl (C=O) groups is 1. The van der Waals surface area contributed by atoms with Crippen LogP contribution in [0.4, 0.5) is 5.69 Å². The summed E-state index contributed by atoms with van der Waals surface area (Å²) in [5.41, 5.74) is 2.78. The number of amides is 1. The van der Waals surface area contributed by atoms with Gasteiger partial charge in [-0.15, -0.1) is 0 Å². The molecular weight excluding hydrogens is 358 g/mol. The van der Waals surface area contributed by atoms with Crippen molar-refractivity contribution in [3.05, 3.63) is 76.0 Å². The first-order valence-corrected chi connectivity index (χ1v) is 9.05. The standard InChI is InChI=1S/C21H23N3O4/c1-23-14-19(17-8-3-4-9-20(17)23)18(13-21(25)22-10-11-28-2)15-6-5-7-16(12-15)24(26)27/h3-9,12,14,18H,10-11,13H2,1-2H3,(H,22,25)/t18-/m0/s1. The lowest BCUT2D eigenvalue weighted by atomic mass is 9.87. The molecule has 3 aromatic rings. The summed E-state index contributed by atoms with van der Waals surface area (Å²) in [5.74, 6) is -0.421. The monoisotopic (exact) mass is 381 g/mol. The second kappa shape index (κ2) is 8.67. The molecule has 28 heavy (non-hydrogen) atoms. The molecule has 3 rings (SSSR count). The van der Waals surface area contributed by atoms with E-state index in [1.807, 2.05) is 48.1 Å². The van der Waals surface area contributed by atoms with E-state index in [1.54, 1.807) is 19.2 Å². The number of non-ortho nitro benzene ring substituents is 1. The van der Waals surface area contributed by atoms with Crippen LogP contribution in [0.2, 0.25) is 0 Å². The second-order valence-corrected chi connectivity index (χ2v) is 6.66. The minimum absolute atomic E-state index is 0.0162. The number of methoxy groups -OCH3 is 1. The summed E-state index contributed by atoms with van der Waals surface area (Å²) in [5, 5.41) is 15.1. The molecule has 0 aliphatic rings. The van der Waals surface area contributed by atoms with Crippen LogP contribution < -0.4 is 5.32 Å². The highest BCUT2D eigenvalue weighted by Gasteiger charge is 2.23. The number of fused-ring (bicyclic) bond motifs is 1. The third-order valence-electron chi connectivity index (χ3n) is 4.80. The van der Waals surface area contributed by atoms with E-state index in [2.05, 4.69) is 5.32 Å².